The van der Waals surface area contributed by atoms with Gasteiger partial charge in [-0.2, -0.15) is 4.98 Å². The van der Waals surface area contributed by atoms with Crippen molar-refractivity contribution in [2.24, 2.45) is 0 Å². The third-order valence-electron chi connectivity index (χ3n) is 5.44. The maximum absolute atomic E-state index is 13.5. The largest absolute Gasteiger partial charge is 0.339 e. The number of benzene rings is 2. The maximum Gasteiger partial charge on any atom is 0.274 e. The minimum atomic E-state index is -0.470. The van der Waals surface area contributed by atoms with Crippen LogP contribution in [0.4, 0.5) is 15.8 Å². The number of nitro groups is 1. The Bertz CT molecular complexity index is 1150. The van der Waals surface area contributed by atoms with Crippen molar-refractivity contribution in [3.8, 4) is 11.4 Å². The fourth-order valence-corrected chi connectivity index (χ4v) is 3.83. The number of rotatable bonds is 6. The van der Waals surface area contributed by atoms with Gasteiger partial charge in [-0.15, -0.1) is 0 Å². The van der Waals surface area contributed by atoms with Crippen molar-refractivity contribution in [3.05, 3.63) is 69.9 Å². The molecule has 1 atom stereocenters. The molecule has 1 saturated heterocycles. The number of nitrogens with one attached hydrogen (secondary N) is 1. The number of aryl methyl sites for hydroxylation is 1. The average molecular weight is 439 g/mol. The highest BCUT2D eigenvalue weighted by Crippen LogP contribution is 2.28. The number of nitro benzene ring substituents is 1. The molecular weight excluding hydrogens is 417 g/mol. The highest BCUT2D eigenvalue weighted by molar-refractivity contribution is 5.92. The topological polar surface area (TPSA) is 114 Å². The fraction of sp³-hybridized carbons (Fsp3) is 0.318. The van der Waals surface area contributed by atoms with E-state index >= 15 is 0 Å². The van der Waals surface area contributed by atoms with Gasteiger partial charge in [0.1, 0.15) is 5.82 Å². The molecule has 0 bridgehead atoms. The number of aromatic nitrogens is 2. The van der Waals surface area contributed by atoms with Crippen LogP contribution in [0.3, 0.4) is 0 Å². The lowest BCUT2D eigenvalue weighted by Gasteiger charge is -2.30. The molecule has 1 N–H and O–H groups in total. The predicted octanol–water partition coefficient (Wildman–Crippen LogP) is 3.91. The van der Waals surface area contributed by atoms with E-state index in [4.69, 9.17) is 4.52 Å². The summed E-state index contributed by atoms with van der Waals surface area (Å²) in [6, 6.07) is 10.6. The van der Waals surface area contributed by atoms with Gasteiger partial charge in [0.05, 0.1) is 17.4 Å². The summed E-state index contributed by atoms with van der Waals surface area (Å²) in [7, 11) is 0. The maximum atomic E-state index is 13.5. The number of halogens is 1. The third kappa shape index (κ3) is 4.97. The molecule has 0 radical (unpaired) electrons. The Morgan fingerprint density at radius 2 is 2.19 bits per heavy atom. The lowest BCUT2D eigenvalue weighted by atomic mass is 9.98. The molecule has 1 unspecified atom stereocenters. The molecule has 2 heterocycles. The lowest BCUT2D eigenvalue weighted by molar-refractivity contribution is -0.385. The van der Waals surface area contributed by atoms with Gasteiger partial charge < -0.3 is 9.84 Å². The Kier molecular flexibility index (Phi) is 6.22. The van der Waals surface area contributed by atoms with Gasteiger partial charge in [-0.25, -0.2) is 4.39 Å². The van der Waals surface area contributed by atoms with Crippen LogP contribution in [0.1, 0.15) is 30.2 Å². The summed E-state index contributed by atoms with van der Waals surface area (Å²) >= 11 is 0. The molecule has 3 aromatic rings. The van der Waals surface area contributed by atoms with Crippen molar-refractivity contribution in [2.75, 3.05) is 25.0 Å². The first-order valence-corrected chi connectivity index (χ1v) is 10.3. The Labute approximate surface area is 183 Å². The number of likely N-dealkylation sites (tertiary alicyclic amines) is 1. The minimum absolute atomic E-state index is 0.0354. The fourth-order valence-electron chi connectivity index (χ4n) is 3.83. The summed E-state index contributed by atoms with van der Waals surface area (Å²) in [5.74, 6) is 0.128. The Hall–Kier alpha value is -3.66. The second-order valence-corrected chi connectivity index (χ2v) is 7.85. The first-order valence-electron chi connectivity index (χ1n) is 10.3. The summed E-state index contributed by atoms with van der Waals surface area (Å²) in [6.07, 6.45) is 1.69. The zero-order valence-electron chi connectivity index (χ0n) is 17.5. The van der Waals surface area contributed by atoms with Crippen LogP contribution in [0.5, 0.6) is 0 Å². The number of carbonyl (C=O) groups is 1. The van der Waals surface area contributed by atoms with Crippen LogP contribution >= 0.6 is 0 Å². The van der Waals surface area contributed by atoms with Crippen molar-refractivity contribution in [2.45, 2.75) is 25.7 Å². The first kappa shape index (κ1) is 21.6. The molecule has 166 valence electrons. The Balaban J connectivity index is 1.38. The van der Waals surface area contributed by atoms with E-state index < -0.39 is 4.92 Å². The van der Waals surface area contributed by atoms with Crippen LogP contribution < -0.4 is 5.32 Å². The molecule has 0 saturated carbocycles. The molecule has 1 aliphatic heterocycles. The van der Waals surface area contributed by atoms with Crippen LogP contribution in [0.15, 0.2) is 47.0 Å². The lowest BCUT2D eigenvalue weighted by Crippen LogP contribution is -2.39. The Morgan fingerprint density at radius 1 is 1.34 bits per heavy atom. The average Bonchev–Trinajstić information content (AvgIpc) is 3.25. The number of hydrogen-bond acceptors (Lipinski definition) is 7. The standard InChI is InChI=1S/C22H22FN5O4/c1-14-7-8-18(11-19(14)28(30)31)24-20(29)13-27-9-3-5-16(12-27)22-25-21(26-32-22)15-4-2-6-17(23)10-15/h2,4,6-8,10-11,16H,3,5,9,12-13H2,1H3,(H,24,29). The summed E-state index contributed by atoms with van der Waals surface area (Å²) in [5.41, 5.74) is 1.42. The molecule has 1 aliphatic rings. The van der Waals surface area contributed by atoms with Gasteiger partial charge in [-0.3, -0.25) is 19.8 Å². The zero-order valence-corrected chi connectivity index (χ0v) is 17.5. The van der Waals surface area contributed by atoms with Gasteiger partial charge in [0.15, 0.2) is 0 Å². The molecule has 1 aromatic heterocycles. The number of hydrogen-bond donors (Lipinski definition) is 1. The van der Waals surface area contributed by atoms with E-state index in [0.29, 0.717) is 35.1 Å². The third-order valence-corrected chi connectivity index (χ3v) is 5.44. The van der Waals surface area contributed by atoms with Crippen LogP contribution in [0, 0.1) is 22.9 Å². The normalized spacial score (nSPS) is 16.6. The van der Waals surface area contributed by atoms with Crippen molar-refractivity contribution in [3.63, 3.8) is 0 Å². The second kappa shape index (κ2) is 9.23. The molecule has 1 amide bonds. The first-order chi connectivity index (χ1) is 15.4. The molecule has 32 heavy (non-hydrogen) atoms. The van der Waals surface area contributed by atoms with E-state index in [1.54, 1.807) is 31.2 Å². The van der Waals surface area contributed by atoms with E-state index in [1.807, 2.05) is 4.90 Å². The summed E-state index contributed by atoms with van der Waals surface area (Å²) < 4.78 is 18.9. The van der Waals surface area contributed by atoms with Crippen molar-refractivity contribution in [1.29, 1.82) is 0 Å². The van der Waals surface area contributed by atoms with Gasteiger partial charge in [0.25, 0.3) is 5.69 Å². The smallest absolute Gasteiger partial charge is 0.274 e. The van der Waals surface area contributed by atoms with Crippen LogP contribution in [0.2, 0.25) is 0 Å². The van der Waals surface area contributed by atoms with Crippen molar-refractivity contribution in [1.82, 2.24) is 15.0 Å². The van der Waals surface area contributed by atoms with Crippen molar-refractivity contribution < 1.29 is 18.6 Å². The molecule has 1 fully saturated rings. The number of amides is 1. The SMILES string of the molecule is Cc1ccc(NC(=O)CN2CCCC(c3nc(-c4cccc(F)c4)no3)C2)cc1[N+](=O)[O-]. The Morgan fingerprint density at radius 3 is 2.97 bits per heavy atom. The predicted molar refractivity (Wildman–Crippen MR) is 115 cm³/mol. The zero-order chi connectivity index (χ0) is 22.7. The van der Waals surface area contributed by atoms with E-state index in [1.165, 1.54) is 18.2 Å². The second-order valence-electron chi connectivity index (χ2n) is 7.85. The summed E-state index contributed by atoms with van der Waals surface area (Å²) in [6.45, 7) is 3.09. The quantitative estimate of drug-likeness (QED) is 0.457. The monoisotopic (exact) mass is 439 g/mol. The highest BCUT2D eigenvalue weighted by atomic mass is 19.1. The molecule has 9 nitrogen and oxygen atoms in total. The van der Waals surface area contributed by atoms with Gasteiger partial charge in [-0.05, 0) is 44.5 Å². The summed E-state index contributed by atoms with van der Waals surface area (Å²) in [4.78, 5) is 29.5. The van der Waals surface area contributed by atoms with Crippen LogP contribution in [0.25, 0.3) is 11.4 Å². The highest BCUT2D eigenvalue weighted by Gasteiger charge is 2.27. The van der Waals surface area contributed by atoms with Gasteiger partial charge in [-0.1, -0.05) is 23.4 Å². The van der Waals surface area contributed by atoms with Gasteiger partial charge in [0, 0.05) is 29.4 Å². The minimum Gasteiger partial charge on any atom is -0.339 e. The van der Waals surface area contributed by atoms with E-state index in [0.717, 1.165) is 19.4 Å². The molecule has 4 rings (SSSR count). The van der Waals surface area contributed by atoms with E-state index in [-0.39, 0.29) is 29.9 Å². The molecule has 2 aromatic carbocycles. The molecule has 0 aliphatic carbocycles. The van der Waals surface area contributed by atoms with E-state index in [9.17, 15) is 19.3 Å². The van der Waals surface area contributed by atoms with Crippen LogP contribution in [-0.4, -0.2) is 45.5 Å². The molecular formula is C22H22FN5O4. The van der Waals surface area contributed by atoms with Crippen LogP contribution in [-0.2, 0) is 4.79 Å². The summed E-state index contributed by atoms with van der Waals surface area (Å²) in [5, 5.41) is 17.8. The van der Waals surface area contributed by atoms with Gasteiger partial charge in [0.2, 0.25) is 17.6 Å². The van der Waals surface area contributed by atoms with E-state index in [2.05, 4.69) is 15.5 Å². The number of piperidine rings is 1. The number of anilines is 1. The number of nitrogens with zero attached hydrogens (tertiary/aromatic N) is 4. The van der Waals surface area contributed by atoms with Gasteiger partial charge >= 0.3 is 0 Å². The molecule has 0 spiro atoms. The number of carbonyl (C=O) groups excluding carboxylic acids is 1. The van der Waals surface area contributed by atoms with Crippen molar-refractivity contribution >= 4 is 17.3 Å². The molecule has 10 heteroatoms.